The van der Waals surface area contributed by atoms with Crippen LogP contribution in [0, 0.1) is 0 Å². The highest BCUT2D eigenvalue weighted by atomic mass is 16.6. The third-order valence-electron chi connectivity index (χ3n) is 12.4. The molecule has 8 rings (SSSR count). The van der Waals surface area contributed by atoms with E-state index in [1.54, 1.807) is 18.2 Å². The van der Waals surface area contributed by atoms with Crippen LogP contribution in [0.3, 0.4) is 0 Å². The van der Waals surface area contributed by atoms with E-state index in [0.717, 1.165) is 38.7 Å². The Kier molecular flexibility index (Phi) is 23.5. The van der Waals surface area contributed by atoms with Crippen LogP contribution in [-0.4, -0.2) is 162 Å². The summed E-state index contributed by atoms with van der Waals surface area (Å²) in [4.78, 5) is 31.0. The van der Waals surface area contributed by atoms with Crippen molar-refractivity contribution in [2.45, 2.75) is 25.0 Å². The molecule has 2 N–H and O–H groups in total. The SMILES string of the molecule is O=C(N[C@@H](Cc1c[nH]c2ccccc12)C(=O)OCc1cc2cc(c1)OCCOCCOCCOCCOCCOc1cccc(c1)OCCOCCOCCOCCOCCO2)OCC1c2ccccc2-c2ccccc21. The van der Waals surface area contributed by atoms with Crippen molar-refractivity contribution in [3.63, 3.8) is 0 Å². The Morgan fingerprint density at radius 1 is 0.481 bits per heavy atom. The van der Waals surface area contributed by atoms with E-state index in [9.17, 15) is 9.59 Å². The first-order chi connectivity index (χ1) is 38.1. The Morgan fingerprint density at radius 3 is 1.42 bits per heavy atom. The number of alkyl carbamates (subject to hydrolysis) is 1. The Hall–Kier alpha value is -6.74. The lowest BCUT2D eigenvalue weighted by Gasteiger charge is -2.19. The molecule has 5 aromatic carbocycles. The zero-order chi connectivity index (χ0) is 53.0. The second-order valence-corrected chi connectivity index (χ2v) is 17.8. The number of fused-ring (bicyclic) bond motifs is 8. The van der Waals surface area contributed by atoms with Crippen molar-refractivity contribution in [3.05, 3.63) is 144 Å². The van der Waals surface area contributed by atoms with Gasteiger partial charge < -0.3 is 76.6 Å². The van der Waals surface area contributed by atoms with Gasteiger partial charge in [-0.25, -0.2) is 9.59 Å². The van der Waals surface area contributed by atoms with Crippen LogP contribution >= 0.6 is 0 Å². The number of H-pyrrole nitrogens is 1. The molecule has 6 aromatic rings. The smallest absolute Gasteiger partial charge is 0.407 e. The predicted molar refractivity (Wildman–Crippen MR) is 285 cm³/mol. The highest BCUT2D eigenvalue weighted by molar-refractivity contribution is 5.86. The molecule has 1 atom stereocenters. The van der Waals surface area contributed by atoms with E-state index in [2.05, 4.69) is 34.6 Å². The number of nitrogens with one attached hydrogen (secondary N) is 2. The molecule has 4 bridgehead atoms. The summed E-state index contributed by atoms with van der Waals surface area (Å²) in [6.07, 6.45) is 1.26. The molecule has 0 saturated carbocycles. The quantitative estimate of drug-likeness (QED) is 0.141. The molecule has 1 aliphatic heterocycles. The first-order valence-corrected chi connectivity index (χ1v) is 26.3. The molecule has 412 valence electrons. The van der Waals surface area contributed by atoms with Crippen molar-refractivity contribution in [2.24, 2.45) is 0 Å². The maximum absolute atomic E-state index is 14.1. The average Bonchev–Trinajstić information content (AvgIpc) is 4.02. The lowest BCUT2D eigenvalue weighted by atomic mass is 9.98. The lowest BCUT2D eigenvalue weighted by Crippen LogP contribution is -2.43. The minimum absolute atomic E-state index is 0.0887. The fourth-order valence-corrected chi connectivity index (χ4v) is 8.68. The molecular formula is C59H70N2O16. The molecule has 1 aromatic heterocycles. The van der Waals surface area contributed by atoms with Gasteiger partial charge in [0.05, 0.1) is 106 Å². The van der Waals surface area contributed by atoms with E-state index >= 15 is 0 Å². The van der Waals surface area contributed by atoms with E-state index < -0.39 is 18.1 Å². The molecule has 2 aliphatic rings. The van der Waals surface area contributed by atoms with Crippen molar-refractivity contribution < 1.29 is 75.9 Å². The summed E-state index contributed by atoms with van der Waals surface area (Å²) in [5.74, 6) is 1.55. The van der Waals surface area contributed by atoms with Crippen molar-refractivity contribution in [1.82, 2.24) is 10.3 Å². The van der Waals surface area contributed by atoms with Crippen LogP contribution in [0.2, 0.25) is 0 Å². The topological polar surface area (TPSA) is 191 Å². The molecule has 0 fully saturated rings. The molecule has 0 radical (unpaired) electrons. The van der Waals surface area contributed by atoms with Crippen molar-refractivity contribution in [2.75, 3.05) is 139 Å². The molecule has 0 spiro atoms. The van der Waals surface area contributed by atoms with Gasteiger partial charge >= 0.3 is 12.1 Å². The number of ether oxygens (including phenoxy) is 14. The second-order valence-electron chi connectivity index (χ2n) is 17.8. The minimum Gasteiger partial charge on any atom is -0.491 e. The maximum Gasteiger partial charge on any atom is 0.407 e. The second kappa shape index (κ2) is 32.1. The highest BCUT2D eigenvalue weighted by Gasteiger charge is 2.31. The summed E-state index contributed by atoms with van der Waals surface area (Å²) in [5, 5.41) is 3.75. The van der Waals surface area contributed by atoms with Crippen LogP contribution < -0.4 is 24.3 Å². The fraction of sp³-hybridized carbons (Fsp3) is 0.424. The van der Waals surface area contributed by atoms with Crippen LogP contribution in [0.15, 0.2) is 121 Å². The van der Waals surface area contributed by atoms with Gasteiger partial charge in [0, 0.05) is 41.6 Å². The van der Waals surface area contributed by atoms with E-state index in [-0.39, 0.29) is 38.8 Å². The molecule has 18 nitrogen and oxygen atoms in total. The number of hydrogen-bond acceptors (Lipinski definition) is 16. The van der Waals surface area contributed by atoms with E-state index in [1.807, 2.05) is 79.0 Å². The zero-order valence-corrected chi connectivity index (χ0v) is 43.5. The Bertz CT molecular complexity index is 2580. The molecular weight excluding hydrogens is 993 g/mol. The molecule has 77 heavy (non-hydrogen) atoms. The Morgan fingerprint density at radius 2 is 0.909 bits per heavy atom. The van der Waals surface area contributed by atoms with E-state index in [1.165, 1.54) is 0 Å². The molecule has 2 heterocycles. The van der Waals surface area contributed by atoms with Gasteiger partial charge in [0.2, 0.25) is 0 Å². The summed E-state index contributed by atoms with van der Waals surface area (Å²) in [6.45, 7) is 7.51. The number of esters is 1. The van der Waals surface area contributed by atoms with Crippen LogP contribution in [0.25, 0.3) is 22.0 Å². The van der Waals surface area contributed by atoms with Crippen molar-refractivity contribution in [1.29, 1.82) is 0 Å². The molecule has 1 amide bonds. The number of para-hydroxylation sites is 1. The molecule has 18 heteroatoms. The summed E-state index contributed by atoms with van der Waals surface area (Å²) in [6, 6.07) is 35.7. The van der Waals surface area contributed by atoms with Gasteiger partial charge in [-0.1, -0.05) is 72.8 Å². The van der Waals surface area contributed by atoms with Crippen LogP contribution in [-0.2, 0) is 65.2 Å². The summed E-state index contributed by atoms with van der Waals surface area (Å²) < 4.78 is 81.0. The number of carbonyl (C=O) groups excluding carboxylic acids is 2. The van der Waals surface area contributed by atoms with Crippen LogP contribution in [0.5, 0.6) is 23.0 Å². The Balaban J connectivity index is 0.831. The van der Waals surface area contributed by atoms with Gasteiger partial charge in [0.1, 0.15) is 68.7 Å². The normalized spacial score (nSPS) is 17.2. The van der Waals surface area contributed by atoms with Gasteiger partial charge in [-0.05, 0) is 63.7 Å². The summed E-state index contributed by atoms with van der Waals surface area (Å²) >= 11 is 0. The Labute approximate surface area is 449 Å². The molecule has 0 unspecified atom stereocenters. The predicted octanol–water partition coefficient (Wildman–Crippen LogP) is 7.72. The summed E-state index contributed by atoms with van der Waals surface area (Å²) in [7, 11) is 0. The number of benzene rings is 5. The van der Waals surface area contributed by atoms with Gasteiger partial charge in [-0.3, -0.25) is 0 Å². The van der Waals surface area contributed by atoms with Gasteiger partial charge in [0.15, 0.2) is 0 Å². The van der Waals surface area contributed by atoms with Gasteiger partial charge in [-0.2, -0.15) is 0 Å². The maximum atomic E-state index is 14.1. The summed E-state index contributed by atoms with van der Waals surface area (Å²) in [5.41, 5.74) is 6.73. The highest BCUT2D eigenvalue weighted by Crippen LogP contribution is 2.44. The number of aromatic nitrogens is 1. The number of aromatic amines is 1. The number of amides is 1. The van der Waals surface area contributed by atoms with E-state index in [0.29, 0.717) is 147 Å². The third kappa shape index (κ3) is 18.8. The fourth-order valence-electron chi connectivity index (χ4n) is 8.68. The van der Waals surface area contributed by atoms with Crippen LogP contribution in [0.4, 0.5) is 4.79 Å². The van der Waals surface area contributed by atoms with Crippen molar-refractivity contribution in [3.8, 4) is 34.1 Å². The first-order valence-electron chi connectivity index (χ1n) is 26.3. The van der Waals surface area contributed by atoms with Gasteiger partial charge in [-0.15, -0.1) is 0 Å². The monoisotopic (exact) mass is 1060 g/mol. The van der Waals surface area contributed by atoms with Crippen LogP contribution in [0.1, 0.15) is 28.2 Å². The standard InChI is InChI=1S/C59H70N2O16/c62-58(57(38-45-41-60-56-15-6-5-10-50(45)56)61-59(63)77-43-55-53-13-3-1-11-51(53)52-12-2-4-14-54(52)55)76-42-44-36-48-40-49(37-44)75-35-31-71-27-23-67-19-17-65-21-25-69-29-33-73-47-9-7-8-46(39-47)72-32-28-68-24-20-64-16-18-66-22-26-70-30-34-74-48/h1-15,36-37,39-41,55,57,60H,16-35,38,42-43H2,(H,61,63)/t57-/m0/s1. The number of hydrogen-bond donors (Lipinski definition) is 2. The molecule has 0 saturated heterocycles. The third-order valence-corrected chi connectivity index (χ3v) is 12.4. The number of carbonyl (C=O) groups is 2. The minimum atomic E-state index is -1.08. The lowest BCUT2D eigenvalue weighted by molar-refractivity contribution is -0.147. The van der Waals surface area contributed by atoms with E-state index in [4.69, 9.17) is 66.3 Å². The largest absolute Gasteiger partial charge is 0.491 e. The van der Waals surface area contributed by atoms with Gasteiger partial charge in [0.25, 0.3) is 0 Å². The molecule has 1 aliphatic carbocycles. The average molecular weight is 1060 g/mol. The number of rotatable bonds is 8. The first kappa shape index (κ1) is 56.5. The zero-order valence-electron chi connectivity index (χ0n) is 43.5. The van der Waals surface area contributed by atoms with Crippen molar-refractivity contribution >= 4 is 23.0 Å².